The SMILES string of the molecule is COc1ccc([C@@]23CC[C@@H](NC(=O)c4ccc(Br)cc4)C[C@@H]2CN(C)C3)cc1OC. The van der Waals surface area contributed by atoms with Crippen LogP contribution in [0.1, 0.15) is 35.2 Å². The minimum Gasteiger partial charge on any atom is -0.493 e. The molecule has 1 saturated heterocycles. The van der Waals surface area contributed by atoms with E-state index in [-0.39, 0.29) is 17.4 Å². The lowest BCUT2D eigenvalue weighted by Gasteiger charge is -2.43. The second kappa shape index (κ2) is 8.60. The van der Waals surface area contributed by atoms with Crippen molar-refractivity contribution in [3.05, 3.63) is 58.1 Å². The minimum atomic E-state index is 0.0115. The lowest BCUT2D eigenvalue weighted by Crippen LogP contribution is -2.47. The standard InChI is InChI=1S/C24H29BrN2O3/c1-27-14-18-12-20(26-23(28)16-4-7-19(25)8-5-16)10-11-24(18,15-27)17-6-9-21(29-2)22(13-17)30-3/h4-9,13,18,20H,10-12,14-15H2,1-3H3,(H,26,28)/t18-,20-,24+/m1/s1. The van der Waals surface area contributed by atoms with Gasteiger partial charge in [0, 0.05) is 34.6 Å². The summed E-state index contributed by atoms with van der Waals surface area (Å²) in [5, 5.41) is 3.27. The van der Waals surface area contributed by atoms with E-state index in [0.717, 1.165) is 48.3 Å². The van der Waals surface area contributed by atoms with Crippen molar-refractivity contribution in [2.75, 3.05) is 34.4 Å². The molecule has 1 N–H and O–H groups in total. The van der Waals surface area contributed by atoms with Gasteiger partial charge >= 0.3 is 0 Å². The van der Waals surface area contributed by atoms with Crippen LogP contribution in [0, 0.1) is 5.92 Å². The zero-order valence-corrected chi connectivity index (χ0v) is 19.4. The fraction of sp³-hybridized carbons (Fsp3) is 0.458. The van der Waals surface area contributed by atoms with Crippen LogP contribution in [0.15, 0.2) is 46.9 Å². The zero-order chi connectivity index (χ0) is 21.3. The summed E-state index contributed by atoms with van der Waals surface area (Å²) in [6.45, 7) is 2.07. The molecule has 1 amide bonds. The van der Waals surface area contributed by atoms with Gasteiger partial charge in [0.15, 0.2) is 11.5 Å². The van der Waals surface area contributed by atoms with Crippen molar-refractivity contribution in [1.29, 1.82) is 0 Å². The highest BCUT2D eigenvalue weighted by Crippen LogP contribution is 2.49. The number of likely N-dealkylation sites (tertiary alicyclic amines) is 1. The monoisotopic (exact) mass is 472 g/mol. The average molecular weight is 473 g/mol. The van der Waals surface area contributed by atoms with Crippen LogP contribution >= 0.6 is 15.9 Å². The van der Waals surface area contributed by atoms with Crippen LogP contribution in [-0.2, 0) is 5.41 Å². The Morgan fingerprint density at radius 2 is 1.87 bits per heavy atom. The van der Waals surface area contributed by atoms with E-state index in [4.69, 9.17) is 9.47 Å². The first-order valence-corrected chi connectivity index (χ1v) is 11.2. The molecule has 1 saturated carbocycles. The smallest absolute Gasteiger partial charge is 0.251 e. The summed E-state index contributed by atoms with van der Waals surface area (Å²) >= 11 is 3.42. The highest BCUT2D eigenvalue weighted by molar-refractivity contribution is 9.10. The van der Waals surface area contributed by atoms with E-state index < -0.39 is 0 Å². The highest BCUT2D eigenvalue weighted by atomic mass is 79.9. The molecule has 2 fully saturated rings. The highest BCUT2D eigenvalue weighted by Gasteiger charge is 2.50. The third-order valence-electron chi connectivity index (χ3n) is 6.77. The predicted octanol–water partition coefficient (Wildman–Crippen LogP) is 4.25. The molecule has 2 aromatic carbocycles. The molecule has 0 radical (unpaired) electrons. The van der Waals surface area contributed by atoms with Crippen molar-refractivity contribution < 1.29 is 14.3 Å². The first-order valence-electron chi connectivity index (χ1n) is 10.4. The molecule has 160 valence electrons. The Kier molecular flexibility index (Phi) is 6.07. The molecule has 0 aromatic heterocycles. The Balaban J connectivity index is 1.53. The number of benzene rings is 2. The fourth-order valence-electron chi connectivity index (χ4n) is 5.32. The first-order chi connectivity index (χ1) is 14.4. The van der Waals surface area contributed by atoms with Gasteiger partial charge in [0.2, 0.25) is 0 Å². The largest absolute Gasteiger partial charge is 0.493 e. The maximum Gasteiger partial charge on any atom is 0.251 e. The van der Waals surface area contributed by atoms with Gasteiger partial charge in [0.1, 0.15) is 0 Å². The van der Waals surface area contributed by atoms with E-state index in [2.05, 4.69) is 45.3 Å². The summed E-state index contributed by atoms with van der Waals surface area (Å²) in [4.78, 5) is 15.1. The number of amides is 1. The van der Waals surface area contributed by atoms with Gasteiger partial charge in [0.05, 0.1) is 14.2 Å². The molecule has 1 aliphatic carbocycles. The van der Waals surface area contributed by atoms with Crippen molar-refractivity contribution in [2.24, 2.45) is 5.92 Å². The average Bonchev–Trinajstić information content (AvgIpc) is 3.09. The number of nitrogens with one attached hydrogen (secondary N) is 1. The summed E-state index contributed by atoms with van der Waals surface area (Å²) in [6, 6.07) is 14.1. The van der Waals surface area contributed by atoms with Crippen LogP contribution in [-0.4, -0.2) is 51.2 Å². The summed E-state index contributed by atoms with van der Waals surface area (Å²) in [5.74, 6) is 2.04. The molecular weight excluding hydrogens is 444 g/mol. The minimum absolute atomic E-state index is 0.0115. The Morgan fingerprint density at radius 3 is 2.57 bits per heavy atom. The first kappa shape index (κ1) is 21.2. The quantitative estimate of drug-likeness (QED) is 0.706. The van der Waals surface area contributed by atoms with Gasteiger partial charge in [-0.05, 0) is 74.2 Å². The van der Waals surface area contributed by atoms with Gasteiger partial charge in [-0.2, -0.15) is 0 Å². The number of rotatable bonds is 5. The number of hydrogen-bond acceptors (Lipinski definition) is 4. The molecular formula is C24H29BrN2O3. The maximum atomic E-state index is 12.7. The third-order valence-corrected chi connectivity index (χ3v) is 7.30. The van der Waals surface area contributed by atoms with E-state index in [9.17, 15) is 4.79 Å². The normalized spacial score (nSPS) is 26.1. The topological polar surface area (TPSA) is 50.8 Å². The maximum absolute atomic E-state index is 12.7. The van der Waals surface area contributed by atoms with Crippen molar-refractivity contribution in [1.82, 2.24) is 10.2 Å². The van der Waals surface area contributed by atoms with Gasteiger partial charge in [-0.15, -0.1) is 0 Å². The third kappa shape index (κ3) is 3.95. The summed E-state index contributed by atoms with van der Waals surface area (Å²) < 4.78 is 12.0. The Morgan fingerprint density at radius 1 is 1.13 bits per heavy atom. The second-order valence-electron chi connectivity index (χ2n) is 8.57. The van der Waals surface area contributed by atoms with Crippen LogP contribution in [0.5, 0.6) is 11.5 Å². The summed E-state index contributed by atoms with van der Waals surface area (Å²) in [5.41, 5.74) is 2.11. The summed E-state index contributed by atoms with van der Waals surface area (Å²) in [7, 11) is 5.55. The molecule has 2 aliphatic rings. The Hall–Kier alpha value is -2.05. The van der Waals surface area contributed by atoms with E-state index in [1.165, 1.54) is 5.56 Å². The number of carbonyl (C=O) groups is 1. The summed E-state index contributed by atoms with van der Waals surface area (Å²) in [6.07, 6.45) is 3.00. The van der Waals surface area contributed by atoms with Crippen LogP contribution in [0.3, 0.4) is 0 Å². The molecule has 0 bridgehead atoms. The molecule has 6 heteroatoms. The van der Waals surface area contributed by atoms with Gasteiger partial charge in [-0.1, -0.05) is 22.0 Å². The molecule has 30 heavy (non-hydrogen) atoms. The van der Waals surface area contributed by atoms with Gasteiger partial charge in [0.25, 0.3) is 5.91 Å². The second-order valence-corrected chi connectivity index (χ2v) is 9.49. The van der Waals surface area contributed by atoms with Crippen molar-refractivity contribution in [3.63, 3.8) is 0 Å². The van der Waals surface area contributed by atoms with E-state index in [1.54, 1.807) is 14.2 Å². The number of likely N-dealkylation sites (N-methyl/N-ethyl adjacent to an activating group) is 1. The van der Waals surface area contributed by atoms with Crippen LogP contribution in [0.2, 0.25) is 0 Å². The van der Waals surface area contributed by atoms with E-state index in [0.29, 0.717) is 11.5 Å². The molecule has 0 spiro atoms. The predicted molar refractivity (Wildman–Crippen MR) is 121 cm³/mol. The number of ether oxygens (including phenoxy) is 2. The molecule has 3 atom stereocenters. The molecule has 1 aliphatic heterocycles. The lowest BCUT2D eigenvalue weighted by atomic mass is 9.63. The fourth-order valence-corrected chi connectivity index (χ4v) is 5.59. The molecule has 1 heterocycles. The van der Waals surface area contributed by atoms with Gasteiger partial charge < -0.3 is 19.7 Å². The van der Waals surface area contributed by atoms with Crippen LogP contribution in [0.25, 0.3) is 0 Å². The van der Waals surface area contributed by atoms with E-state index in [1.807, 2.05) is 30.3 Å². The van der Waals surface area contributed by atoms with Crippen molar-refractivity contribution in [2.45, 2.75) is 30.7 Å². The zero-order valence-electron chi connectivity index (χ0n) is 17.8. The number of carbonyl (C=O) groups excluding carboxylic acids is 1. The lowest BCUT2D eigenvalue weighted by molar-refractivity contribution is 0.0904. The van der Waals surface area contributed by atoms with Crippen LogP contribution in [0.4, 0.5) is 0 Å². The number of methoxy groups -OCH3 is 2. The van der Waals surface area contributed by atoms with E-state index >= 15 is 0 Å². The van der Waals surface area contributed by atoms with Crippen LogP contribution < -0.4 is 14.8 Å². The molecule has 2 aromatic rings. The number of hydrogen-bond donors (Lipinski definition) is 1. The van der Waals surface area contributed by atoms with Gasteiger partial charge in [-0.25, -0.2) is 0 Å². The number of fused-ring (bicyclic) bond motifs is 1. The Labute approximate surface area is 186 Å². The Bertz CT molecular complexity index is 917. The molecule has 0 unspecified atom stereocenters. The molecule has 5 nitrogen and oxygen atoms in total. The molecule has 4 rings (SSSR count). The number of nitrogens with zero attached hydrogens (tertiary/aromatic N) is 1. The number of halogens is 1. The van der Waals surface area contributed by atoms with Crippen molar-refractivity contribution in [3.8, 4) is 11.5 Å². The van der Waals surface area contributed by atoms with Gasteiger partial charge in [-0.3, -0.25) is 4.79 Å². The van der Waals surface area contributed by atoms with Crippen molar-refractivity contribution >= 4 is 21.8 Å².